The molecule has 0 spiro atoms. The van der Waals surface area contributed by atoms with Crippen molar-refractivity contribution in [3.8, 4) is 11.5 Å². The number of hydrogen-bond acceptors (Lipinski definition) is 4. The van der Waals surface area contributed by atoms with Crippen LogP contribution in [0.4, 0.5) is 37.7 Å². The lowest BCUT2D eigenvalue weighted by atomic mass is 10.1. The van der Waals surface area contributed by atoms with Crippen molar-refractivity contribution in [2.24, 2.45) is 0 Å². The van der Waals surface area contributed by atoms with Crippen LogP contribution in [0.25, 0.3) is 0 Å². The summed E-state index contributed by atoms with van der Waals surface area (Å²) >= 11 is 6.34. The van der Waals surface area contributed by atoms with Crippen LogP contribution in [0.1, 0.15) is 11.6 Å². The second-order valence-electron chi connectivity index (χ2n) is 7.46. The van der Waals surface area contributed by atoms with Gasteiger partial charge in [0.1, 0.15) is 17.2 Å². The Morgan fingerprint density at radius 3 is 1.83 bits per heavy atom. The molecule has 5 nitrogen and oxygen atoms in total. The normalized spacial score (nSPS) is 16.1. The van der Waals surface area contributed by atoms with Gasteiger partial charge in [-0.15, -0.1) is 26.3 Å². The molecule has 0 aliphatic carbocycles. The lowest BCUT2D eigenvalue weighted by molar-refractivity contribution is -0.275. The molecule has 1 N–H and O–H groups in total. The van der Waals surface area contributed by atoms with Crippen molar-refractivity contribution in [3.05, 3.63) is 95.2 Å². The molecule has 0 saturated heterocycles. The van der Waals surface area contributed by atoms with E-state index < -0.39 is 36.2 Å². The molecule has 0 radical (unpaired) electrons. The molecule has 1 atom stereocenters. The molecular formula is C24H15ClF6N2O3. The first-order valence-electron chi connectivity index (χ1n) is 10.2. The fraction of sp³-hybridized carbons (Fsp3) is 0.125. The number of benzene rings is 3. The van der Waals surface area contributed by atoms with Gasteiger partial charge in [-0.1, -0.05) is 29.8 Å². The topological polar surface area (TPSA) is 50.8 Å². The summed E-state index contributed by atoms with van der Waals surface area (Å²) in [6.45, 7) is 0. The zero-order valence-electron chi connectivity index (χ0n) is 17.9. The van der Waals surface area contributed by atoms with Crippen LogP contribution in [0, 0.1) is 0 Å². The van der Waals surface area contributed by atoms with E-state index in [1.165, 1.54) is 29.2 Å². The Bertz CT molecular complexity index is 1270. The maximum atomic E-state index is 13.3. The first kappa shape index (κ1) is 25.2. The monoisotopic (exact) mass is 528 g/mol. The van der Waals surface area contributed by atoms with E-state index >= 15 is 0 Å². The summed E-state index contributed by atoms with van der Waals surface area (Å²) in [6.07, 6.45) is -8.16. The standard InChI is InChI=1S/C24H15ClF6N2O3/c25-19-4-2-1-3-18(19)21-13-20(32-14-5-9-16(10-6-14)35-23(26,27)28)22(34)33(21)15-7-11-17(12-8-15)36-24(29,30)31/h1-13,21,32H. The summed E-state index contributed by atoms with van der Waals surface area (Å²) < 4.78 is 82.5. The van der Waals surface area contributed by atoms with E-state index in [0.29, 0.717) is 16.3 Å². The number of alkyl halides is 6. The van der Waals surface area contributed by atoms with Gasteiger partial charge in [0, 0.05) is 16.4 Å². The highest BCUT2D eigenvalue weighted by atomic mass is 35.5. The number of rotatable bonds is 6. The number of amides is 1. The van der Waals surface area contributed by atoms with E-state index in [-0.39, 0.29) is 11.4 Å². The third kappa shape index (κ3) is 6.03. The number of anilines is 2. The third-order valence-corrected chi connectivity index (χ3v) is 5.34. The van der Waals surface area contributed by atoms with Crippen LogP contribution in [-0.2, 0) is 4.79 Å². The minimum absolute atomic E-state index is 0.0834. The van der Waals surface area contributed by atoms with E-state index in [1.807, 2.05) is 0 Å². The van der Waals surface area contributed by atoms with Crippen LogP contribution in [0.2, 0.25) is 5.02 Å². The van der Waals surface area contributed by atoms with Crippen molar-refractivity contribution in [2.45, 2.75) is 18.8 Å². The summed E-state index contributed by atoms with van der Waals surface area (Å²) in [6, 6.07) is 15.5. The van der Waals surface area contributed by atoms with E-state index in [9.17, 15) is 31.1 Å². The molecule has 1 unspecified atom stereocenters. The number of carbonyl (C=O) groups excluding carboxylic acids is 1. The van der Waals surface area contributed by atoms with Crippen molar-refractivity contribution >= 4 is 28.9 Å². The summed E-state index contributed by atoms with van der Waals surface area (Å²) in [5, 5.41) is 3.21. The molecule has 0 saturated carbocycles. The first-order chi connectivity index (χ1) is 16.9. The molecule has 12 heteroatoms. The van der Waals surface area contributed by atoms with E-state index in [2.05, 4.69) is 14.8 Å². The van der Waals surface area contributed by atoms with Crippen molar-refractivity contribution in [1.82, 2.24) is 0 Å². The average Bonchev–Trinajstić information content (AvgIpc) is 3.09. The number of carbonyl (C=O) groups is 1. The van der Waals surface area contributed by atoms with Crippen LogP contribution in [0.3, 0.4) is 0 Å². The van der Waals surface area contributed by atoms with Gasteiger partial charge in [0.2, 0.25) is 0 Å². The van der Waals surface area contributed by atoms with Crippen molar-refractivity contribution in [1.29, 1.82) is 0 Å². The molecule has 1 heterocycles. The fourth-order valence-electron chi connectivity index (χ4n) is 3.58. The highest BCUT2D eigenvalue weighted by molar-refractivity contribution is 6.31. The minimum Gasteiger partial charge on any atom is -0.406 e. The lowest BCUT2D eigenvalue weighted by Crippen LogP contribution is -2.31. The molecule has 3 aromatic rings. The van der Waals surface area contributed by atoms with Gasteiger partial charge < -0.3 is 14.8 Å². The molecule has 1 aliphatic heterocycles. The maximum Gasteiger partial charge on any atom is 0.573 e. The molecule has 1 aliphatic rings. The molecule has 0 bridgehead atoms. The molecule has 0 fully saturated rings. The molecule has 0 aromatic heterocycles. The predicted molar refractivity (Wildman–Crippen MR) is 120 cm³/mol. The Morgan fingerprint density at radius 2 is 1.31 bits per heavy atom. The van der Waals surface area contributed by atoms with Gasteiger partial charge in [-0.25, -0.2) is 0 Å². The number of halogens is 7. The highest BCUT2D eigenvalue weighted by Gasteiger charge is 2.36. The zero-order chi connectivity index (χ0) is 26.1. The van der Waals surface area contributed by atoms with Gasteiger partial charge in [-0.3, -0.25) is 9.69 Å². The summed E-state index contributed by atoms with van der Waals surface area (Å²) in [5.74, 6) is -1.43. The van der Waals surface area contributed by atoms with Gasteiger partial charge in [-0.05, 0) is 66.2 Å². The van der Waals surface area contributed by atoms with Gasteiger partial charge in [0.05, 0.1) is 6.04 Å². The average molecular weight is 529 g/mol. The van der Waals surface area contributed by atoms with Crippen molar-refractivity contribution in [2.75, 3.05) is 10.2 Å². The van der Waals surface area contributed by atoms with Crippen molar-refractivity contribution in [3.63, 3.8) is 0 Å². The summed E-state index contributed by atoms with van der Waals surface area (Å²) in [7, 11) is 0. The maximum absolute atomic E-state index is 13.3. The van der Waals surface area contributed by atoms with Gasteiger partial charge in [0.15, 0.2) is 0 Å². The van der Waals surface area contributed by atoms with Crippen LogP contribution in [-0.4, -0.2) is 18.6 Å². The number of ether oxygens (including phenoxy) is 2. The largest absolute Gasteiger partial charge is 0.573 e. The smallest absolute Gasteiger partial charge is 0.406 e. The van der Waals surface area contributed by atoms with Crippen LogP contribution in [0.15, 0.2) is 84.6 Å². The Kier molecular flexibility index (Phi) is 6.77. The molecule has 3 aromatic carbocycles. The summed E-state index contributed by atoms with van der Waals surface area (Å²) in [4.78, 5) is 14.7. The van der Waals surface area contributed by atoms with Gasteiger partial charge in [-0.2, -0.15) is 0 Å². The molecular weight excluding hydrogens is 514 g/mol. The van der Waals surface area contributed by atoms with Crippen LogP contribution in [0.5, 0.6) is 11.5 Å². The molecule has 4 rings (SSSR count). The number of nitrogens with one attached hydrogen (secondary N) is 1. The molecule has 188 valence electrons. The highest BCUT2D eigenvalue weighted by Crippen LogP contribution is 2.39. The third-order valence-electron chi connectivity index (χ3n) is 4.99. The summed E-state index contributed by atoms with van der Waals surface area (Å²) in [5.41, 5.74) is 1.20. The Hall–Kier alpha value is -3.86. The predicted octanol–water partition coefficient (Wildman–Crippen LogP) is 7.22. The Balaban J connectivity index is 1.63. The lowest BCUT2D eigenvalue weighted by Gasteiger charge is -2.26. The van der Waals surface area contributed by atoms with Gasteiger partial charge in [0.25, 0.3) is 5.91 Å². The number of nitrogens with zero attached hydrogens (tertiary/aromatic N) is 1. The minimum atomic E-state index is -4.87. The molecule has 36 heavy (non-hydrogen) atoms. The van der Waals surface area contributed by atoms with Crippen LogP contribution < -0.4 is 19.7 Å². The SMILES string of the molecule is O=C1C(Nc2ccc(OC(F)(F)F)cc2)=CC(c2ccccc2Cl)N1c1ccc(OC(F)(F)F)cc1. The van der Waals surface area contributed by atoms with Gasteiger partial charge >= 0.3 is 12.7 Å². The van der Waals surface area contributed by atoms with Crippen molar-refractivity contribution < 1.29 is 40.6 Å². The Labute approximate surface area is 205 Å². The zero-order valence-corrected chi connectivity index (χ0v) is 18.7. The second-order valence-corrected chi connectivity index (χ2v) is 7.87. The van der Waals surface area contributed by atoms with Crippen LogP contribution >= 0.6 is 11.6 Å². The quantitative estimate of drug-likeness (QED) is 0.343. The Morgan fingerprint density at radius 1 is 0.778 bits per heavy atom. The first-order valence-corrected chi connectivity index (χ1v) is 10.6. The van der Waals surface area contributed by atoms with E-state index in [4.69, 9.17) is 11.6 Å². The van der Waals surface area contributed by atoms with E-state index in [0.717, 1.165) is 24.3 Å². The number of hydrogen-bond donors (Lipinski definition) is 1. The fourth-order valence-corrected chi connectivity index (χ4v) is 3.83. The van der Waals surface area contributed by atoms with E-state index in [1.54, 1.807) is 30.3 Å². The molecule has 1 amide bonds. The second kappa shape index (κ2) is 9.65.